The van der Waals surface area contributed by atoms with E-state index in [4.69, 9.17) is 0 Å². The summed E-state index contributed by atoms with van der Waals surface area (Å²) in [6.45, 7) is -0.631. The minimum atomic E-state index is -2.89. The maximum Gasteiger partial charge on any atom is 0.387 e. The summed E-state index contributed by atoms with van der Waals surface area (Å²) in [6, 6.07) is 11.2. The van der Waals surface area contributed by atoms with Gasteiger partial charge in [0, 0.05) is 12.2 Å². The number of likely N-dealkylation sites (N-methyl/N-ethyl adjacent to an activating group) is 1. The zero-order valence-electron chi connectivity index (χ0n) is 15.9. The van der Waals surface area contributed by atoms with Gasteiger partial charge in [0.15, 0.2) is 0 Å². The molecule has 8 heteroatoms. The van der Waals surface area contributed by atoms with Crippen LogP contribution in [0, 0.1) is 6.92 Å². The van der Waals surface area contributed by atoms with Crippen LogP contribution in [-0.2, 0) is 16.1 Å². The number of aryl methyl sites for hydroxylation is 1. The van der Waals surface area contributed by atoms with Crippen LogP contribution in [0.5, 0.6) is 5.75 Å². The van der Waals surface area contributed by atoms with E-state index >= 15 is 0 Å². The first-order chi connectivity index (χ1) is 13.3. The highest BCUT2D eigenvalue weighted by Crippen LogP contribution is 2.19. The second-order valence-corrected chi connectivity index (χ2v) is 6.27. The summed E-state index contributed by atoms with van der Waals surface area (Å²) in [5.74, 6) is -0.688. The van der Waals surface area contributed by atoms with E-state index in [0.29, 0.717) is 17.8 Å². The smallest absolute Gasteiger partial charge is 0.387 e. The van der Waals surface area contributed by atoms with Gasteiger partial charge in [-0.1, -0.05) is 18.2 Å². The Hall–Kier alpha value is -3.00. The van der Waals surface area contributed by atoms with Gasteiger partial charge in [0.2, 0.25) is 5.91 Å². The Morgan fingerprint density at radius 1 is 1.18 bits per heavy atom. The van der Waals surface area contributed by atoms with Crippen molar-refractivity contribution < 1.29 is 27.8 Å². The molecule has 0 bridgehead atoms. The molecule has 0 saturated heterocycles. The van der Waals surface area contributed by atoms with Crippen LogP contribution in [0.1, 0.15) is 21.5 Å². The van der Waals surface area contributed by atoms with Crippen molar-refractivity contribution in [1.82, 2.24) is 4.90 Å². The molecule has 6 nitrogen and oxygen atoms in total. The average molecular weight is 392 g/mol. The lowest BCUT2D eigenvalue weighted by Crippen LogP contribution is -2.30. The van der Waals surface area contributed by atoms with Crippen LogP contribution in [-0.4, -0.2) is 44.1 Å². The van der Waals surface area contributed by atoms with E-state index in [1.54, 1.807) is 42.3 Å². The molecule has 1 N–H and O–H groups in total. The summed E-state index contributed by atoms with van der Waals surface area (Å²) in [7, 11) is 3.02. The molecule has 0 aliphatic carbocycles. The second-order valence-electron chi connectivity index (χ2n) is 6.27. The Labute approximate surface area is 162 Å². The molecule has 150 valence electrons. The number of methoxy groups -OCH3 is 1. The first-order valence-corrected chi connectivity index (χ1v) is 8.49. The average Bonchev–Trinajstić information content (AvgIpc) is 2.62. The zero-order chi connectivity index (χ0) is 20.7. The summed E-state index contributed by atoms with van der Waals surface area (Å²) in [5, 5.41) is 2.77. The van der Waals surface area contributed by atoms with Crippen LogP contribution >= 0.6 is 0 Å². The van der Waals surface area contributed by atoms with Gasteiger partial charge >= 0.3 is 12.6 Å². The molecule has 1 amide bonds. The Kier molecular flexibility index (Phi) is 7.45. The lowest BCUT2D eigenvalue weighted by Gasteiger charge is -2.17. The van der Waals surface area contributed by atoms with Crippen LogP contribution in [0.4, 0.5) is 14.5 Å². The van der Waals surface area contributed by atoms with Gasteiger partial charge in [0.25, 0.3) is 0 Å². The number of hydrogen-bond donors (Lipinski definition) is 1. The molecule has 0 saturated carbocycles. The van der Waals surface area contributed by atoms with Crippen molar-refractivity contribution in [3.63, 3.8) is 0 Å². The Bertz CT molecular complexity index is 843. The maximum atomic E-state index is 12.3. The zero-order valence-corrected chi connectivity index (χ0v) is 15.9. The van der Waals surface area contributed by atoms with Gasteiger partial charge in [-0.2, -0.15) is 8.78 Å². The third-order valence-corrected chi connectivity index (χ3v) is 3.92. The molecule has 0 heterocycles. The van der Waals surface area contributed by atoms with E-state index < -0.39 is 12.6 Å². The third kappa shape index (κ3) is 6.31. The lowest BCUT2D eigenvalue weighted by atomic mass is 10.1. The number of ether oxygens (including phenoxy) is 2. The molecule has 0 atom stereocenters. The van der Waals surface area contributed by atoms with Crippen LogP contribution in [0.25, 0.3) is 0 Å². The Morgan fingerprint density at radius 3 is 2.61 bits per heavy atom. The molecule has 2 aromatic carbocycles. The fourth-order valence-corrected chi connectivity index (χ4v) is 2.62. The molecule has 0 aliphatic rings. The van der Waals surface area contributed by atoms with Crippen molar-refractivity contribution in [2.24, 2.45) is 0 Å². The normalized spacial score (nSPS) is 10.8. The third-order valence-electron chi connectivity index (χ3n) is 3.92. The van der Waals surface area contributed by atoms with Gasteiger partial charge in [-0.05, 0) is 49.4 Å². The number of carbonyl (C=O) groups is 2. The minimum Gasteiger partial charge on any atom is -0.465 e. The molecular formula is C20H22F2N2O4. The van der Waals surface area contributed by atoms with Crippen LogP contribution in [0.15, 0.2) is 42.5 Å². The molecule has 2 aromatic rings. The molecule has 0 radical (unpaired) electrons. The highest BCUT2D eigenvalue weighted by molar-refractivity contribution is 5.96. The number of esters is 1. The molecule has 2 rings (SSSR count). The SMILES string of the molecule is COC(=O)c1ccc(C)c(NC(=O)CN(C)Cc2cccc(OC(F)F)c2)c1. The highest BCUT2D eigenvalue weighted by Gasteiger charge is 2.13. The highest BCUT2D eigenvalue weighted by atomic mass is 19.3. The number of benzene rings is 2. The van der Waals surface area contributed by atoms with Crippen LogP contribution < -0.4 is 10.1 Å². The van der Waals surface area contributed by atoms with Crippen molar-refractivity contribution in [2.75, 3.05) is 26.0 Å². The van der Waals surface area contributed by atoms with E-state index in [9.17, 15) is 18.4 Å². The minimum absolute atomic E-state index is 0.0700. The van der Waals surface area contributed by atoms with E-state index in [-0.39, 0.29) is 18.2 Å². The lowest BCUT2D eigenvalue weighted by molar-refractivity contribution is -0.117. The predicted molar refractivity (Wildman–Crippen MR) is 101 cm³/mol. The number of alkyl halides is 2. The second kappa shape index (κ2) is 9.80. The predicted octanol–water partition coefficient (Wildman–Crippen LogP) is 3.45. The van der Waals surface area contributed by atoms with Gasteiger partial charge < -0.3 is 14.8 Å². The fraction of sp³-hybridized carbons (Fsp3) is 0.300. The summed E-state index contributed by atoms with van der Waals surface area (Å²) in [4.78, 5) is 25.7. The number of anilines is 1. The summed E-state index contributed by atoms with van der Waals surface area (Å²) < 4.78 is 33.7. The van der Waals surface area contributed by atoms with Crippen molar-refractivity contribution in [2.45, 2.75) is 20.1 Å². The largest absolute Gasteiger partial charge is 0.465 e. The van der Waals surface area contributed by atoms with Gasteiger partial charge in [-0.3, -0.25) is 9.69 Å². The van der Waals surface area contributed by atoms with Crippen molar-refractivity contribution in [1.29, 1.82) is 0 Å². The van der Waals surface area contributed by atoms with E-state index in [1.165, 1.54) is 19.2 Å². The maximum absolute atomic E-state index is 12.3. The molecule has 0 aliphatic heterocycles. The molecular weight excluding hydrogens is 370 g/mol. The van der Waals surface area contributed by atoms with Crippen LogP contribution in [0.2, 0.25) is 0 Å². The Balaban J connectivity index is 1.97. The number of nitrogens with one attached hydrogen (secondary N) is 1. The van der Waals surface area contributed by atoms with Crippen molar-refractivity contribution in [3.8, 4) is 5.75 Å². The van der Waals surface area contributed by atoms with E-state index in [0.717, 1.165) is 11.1 Å². The van der Waals surface area contributed by atoms with Gasteiger partial charge in [0.1, 0.15) is 5.75 Å². The van der Waals surface area contributed by atoms with Crippen molar-refractivity contribution in [3.05, 3.63) is 59.2 Å². The number of carbonyl (C=O) groups excluding carboxylic acids is 2. The van der Waals surface area contributed by atoms with Gasteiger partial charge in [-0.15, -0.1) is 0 Å². The number of halogens is 2. The van der Waals surface area contributed by atoms with Gasteiger partial charge in [-0.25, -0.2) is 4.79 Å². The summed E-state index contributed by atoms with van der Waals surface area (Å²) in [5.41, 5.74) is 2.40. The Morgan fingerprint density at radius 2 is 1.93 bits per heavy atom. The monoisotopic (exact) mass is 392 g/mol. The topological polar surface area (TPSA) is 67.9 Å². The van der Waals surface area contributed by atoms with Crippen molar-refractivity contribution >= 4 is 17.6 Å². The molecule has 28 heavy (non-hydrogen) atoms. The summed E-state index contributed by atoms with van der Waals surface area (Å²) >= 11 is 0. The summed E-state index contributed by atoms with van der Waals surface area (Å²) in [6.07, 6.45) is 0. The number of rotatable bonds is 8. The number of hydrogen-bond acceptors (Lipinski definition) is 5. The quantitative estimate of drug-likeness (QED) is 0.697. The fourth-order valence-electron chi connectivity index (χ4n) is 2.62. The van der Waals surface area contributed by atoms with E-state index in [1.807, 2.05) is 6.92 Å². The molecule has 0 spiro atoms. The first kappa shape index (κ1) is 21.3. The number of nitrogens with zero attached hydrogens (tertiary/aromatic N) is 1. The standard InChI is InChI=1S/C20H22F2N2O4/c1-13-7-8-15(19(26)27-3)10-17(13)23-18(25)12-24(2)11-14-5-4-6-16(9-14)28-20(21)22/h4-10,20H,11-12H2,1-3H3,(H,23,25). The molecule has 0 unspecified atom stereocenters. The molecule has 0 aromatic heterocycles. The molecule has 0 fully saturated rings. The van der Waals surface area contributed by atoms with Crippen LogP contribution in [0.3, 0.4) is 0 Å². The number of amides is 1. The van der Waals surface area contributed by atoms with Gasteiger partial charge in [0.05, 0.1) is 19.2 Å². The van der Waals surface area contributed by atoms with E-state index in [2.05, 4.69) is 14.8 Å². The first-order valence-electron chi connectivity index (χ1n) is 8.49.